The molecule has 0 saturated carbocycles. The van der Waals surface area contributed by atoms with Crippen molar-refractivity contribution in [1.29, 1.82) is 0 Å². The quantitative estimate of drug-likeness (QED) is 0.777. The van der Waals surface area contributed by atoms with Gasteiger partial charge in [0.15, 0.2) is 5.15 Å². The topological polar surface area (TPSA) is 74.3 Å². The second kappa shape index (κ2) is 8.60. The van der Waals surface area contributed by atoms with Gasteiger partial charge in [0.1, 0.15) is 0 Å². The first kappa shape index (κ1) is 18.9. The molecule has 0 aliphatic heterocycles. The summed E-state index contributed by atoms with van der Waals surface area (Å²) < 4.78 is 0. The van der Waals surface area contributed by atoms with E-state index in [0.717, 1.165) is 16.8 Å². The van der Waals surface area contributed by atoms with Crippen molar-refractivity contribution in [2.75, 3.05) is 30.8 Å². The van der Waals surface area contributed by atoms with E-state index in [1.807, 2.05) is 32.0 Å². The Bertz CT molecular complexity index is 759. The number of benzene rings is 1. The van der Waals surface area contributed by atoms with E-state index in [1.54, 1.807) is 30.3 Å². The monoisotopic (exact) mass is 360 g/mol. The van der Waals surface area contributed by atoms with E-state index in [-0.39, 0.29) is 30.1 Å². The number of aryl methyl sites for hydroxylation is 2. The number of carbonyl (C=O) groups is 2. The van der Waals surface area contributed by atoms with Crippen molar-refractivity contribution in [2.45, 2.75) is 13.8 Å². The molecule has 2 rings (SSSR count). The van der Waals surface area contributed by atoms with Crippen molar-refractivity contribution in [3.63, 3.8) is 0 Å². The lowest BCUT2D eigenvalue weighted by molar-refractivity contribution is -0.119. The Morgan fingerprint density at radius 1 is 1.04 bits per heavy atom. The summed E-state index contributed by atoms with van der Waals surface area (Å²) in [4.78, 5) is 29.8. The Morgan fingerprint density at radius 3 is 2.24 bits per heavy atom. The highest BCUT2D eigenvalue weighted by Crippen LogP contribution is 2.19. The molecule has 1 heterocycles. The minimum Gasteiger partial charge on any atom is -0.324 e. The molecule has 132 valence electrons. The molecular weight excluding hydrogens is 340 g/mol. The van der Waals surface area contributed by atoms with Gasteiger partial charge in [0, 0.05) is 11.9 Å². The second-order valence-electron chi connectivity index (χ2n) is 5.88. The fourth-order valence-corrected chi connectivity index (χ4v) is 2.57. The molecule has 0 unspecified atom stereocenters. The summed E-state index contributed by atoms with van der Waals surface area (Å²) in [5, 5.41) is 5.80. The number of likely N-dealkylation sites (N-methyl/N-ethyl adjacent to an activating group) is 1. The van der Waals surface area contributed by atoms with E-state index >= 15 is 0 Å². The zero-order chi connectivity index (χ0) is 18.4. The Hall–Kier alpha value is -2.44. The molecule has 0 bridgehead atoms. The van der Waals surface area contributed by atoms with Crippen LogP contribution in [-0.4, -0.2) is 41.8 Å². The number of hydrogen-bond donors (Lipinski definition) is 2. The van der Waals surface area contributed by atoms with Gasteiger partial charge in [0.05, 0.1) is 18.8 Å². The number of anilines is 2. The zero-order valence-corrected chi connectivity index (χ0v) is 15.2. The first-order chi connectivity index (χ1) is 11.9. The van der Waals surface area contributed by atoms with Crippen molar-refractivity contribution in [3.8, 4) is 0 Å². The zero-order valence-electron chi connectivity index (χ0n) is 14.5. The summed E-state index contributed by atoms with van der Waals surface area (Å²) in [6.45, 7) is 4.04. The highest BCUT2D eigenvalue weighted by Gasteiger charge is 2.13. The predicted molar refractivity (Wildman–Crippen MR) is 99.9 cm³/mol. The van der Waals surface area contributed by atoms with Gasteiger partial charge in [-0.05, 0) is 44.2 Å². The van der Waals surface area contributed by atoms with Gasteiger partial charge < -0.3 is 10.6 Å². The van der Waals surface area contributed by atoms with E-state index in [1.165, 1.54) is 0 Å². The average Bonchev–Trinajstić information content (AvgIpc) is 2.53. The number of pyridine rings is 1. The molecule has 0 aliphatic rings. The van der Waals surface area contributed by atoms with Crippen LogP contribution in [0.1, 0.15) is 11.1 Å². The second-order valence-corrected chi connectivity index (χ2v) is 6.24. The van der Waals surface area contributed by atoms with E-state index < -0.39 is 0 Å². The summed E-state index contributed by atoms with van der Waals surface area (Å²) in [6.07, 6.45) is 1.54. The van der Waals surface area contributed by atoms with Gasteiger partial charge in [0.2, 0.25) is 11.8 Å². The summed E-state index contributed by atoms with van der Waals surface area (Å²) in [5.74, 6) is -0.440. The lowest BCUT2D eigenvalue weighted by Crippen LogP contribution is -2.36. The molecule has 2 N–H and O–H groups in total. The Balaban J connectivity index is 1.87. The van der Waals surface area contributed by atoms with Crippen LogP contribution in [0.5, 0.6) is 0 Å². The van der Waals surface area contributed by atoms with E-state index in [0.29, 0.717) is 5.69 Å². The molecule has 0 saturated heterocycles. The van der Waals surface area contributed by atoms with Gasteiger partial charge in [-0.1, -0.05) is 29.8 Å². The molecular formula is C18H21ClN4O2. The highest BCUT2D eigenvalue weighted by molar-refractivity contribution is 6.32. The molecule has 2 amide bonds. The van der Waals surface area contributed by atoms with Crippen LogP contribution >= 0.6 is 11.6 Å². The first-order valence-corrected chi connectivity index (χ1v) is 8.19. The molecule has 0 fully saturated rings. The SMILES string of the molecule is Cc1cccc(C)c1NC(=O)CN(C)CC(=O)Nc1cccnc1Cl. The number of halogens is 1. The summed E-state index contributed by atoms with van der Waals surface area (Å²) in [5.41, 5.74) is 3.26. The van der Waals surface area contributed by atoms with Gasteiger partial charge in [-0.25, -0.2) is 4.98 Å². The van der Waals surface area contributed by atoms with Gasteiger partial charge >= 0.3 is 0 Å². The fraction of sp³-hybridized carbons (Fsp3) is 0.278. The van der Waals surface area contributed by atoms with Crippen molar-refractivity contribution < 1.29 is 9.59 Å². The standard InChI is InChI=1S/C18H21ClN4O2/c1-12-6-4-7-13(2)17(12)22-16(25)11-23(3)10-15(24)21-14-8-5-9-20-18(14)19/h4-9H,10-11H2,1-3H3,(H,21,24)(H,22,25). The molecule has 1 aromatic carbocycles. The Kier molecular flexibility index (Phi) is 6.50. The van der Waals surface area contributed by atoms with Crippen molar-refractivity contribution in [2.24, 2.45) is 0 Å². The lowest BCUT2D eigenvalue weighted by Gasteiger charge is -2.17. The molecule has 0 aliphatic carbocycles. The van der Waals surface area contributed by atoms with Gasteiger partial charge in [-0.2, -0.15) is 0 Å². The molecule has 25 heavy (non-hydrogen) atoms. The summed E-state index contributed by atoms with van der Waals surface area (Å²) in [6, 6.07) is 9.18. The van der Waals surface area contributed by atoms with Gasteiger partial charge in [-0.3, -0.25) is 14.5 Å². The number of hydrogen-bond acceptors (Lipinski definition) is 4. The molecule has 0 spiro atoms. The normalized spacial score (nSPS) is 10.6. The molecule has 1 aromatic heterocycles. The lowest BCUT2D eigenvalue weighted by atomic mass is 10.1. The molecule has 2 aromatic rings. The number of rotatable bonds is 6. The number of para-hydroxylation sites is 1. The Labute approximate surface area is 152 Å². The van der Waals surface area contributed by atoms with Crippen LogP contribution in [0.15, 0.2) is 36.5 Å². The number of carbonyl (C=O) groups excluding carboxylic acids is 2. The number of nitrogens with zero attached hydrogens (tertiary/aromatic N) is 2. The van der Waals surface area contributed by atoms with Gasteiger partial charge in [0.25, 0.3) is 0 Å². The van der Waals surface area contributed by atoms with Crippen LogP contribution in [0.2, 0.25) is 5.15 Å². The van der Waals surface area contributed by atoms with E-state index in [4.69, 9.17) is 11.6 Å². The predicted octanol–water partition coefficient (Wildman–Crippen LogP) is 2.86. The maximum atomic E-state index is 12.2. The average molecular weight is 361 g/mol. The third-order valence-corrected chi connectivity index (χ3v) is 3.91. The van der Waals surface area contributed by atoms with E-state index in [9.17, 15) is 9.59 Å². The van der Waals surface area contributed by atoms with Crippen molar-refractivity contribution in [1.82, 2.24) is 9.88 Å². The minimum atomic E-state index is -0.266. The summed E-state index contributed by atoms with van der Waals surface area (Å²) in [7, 11) is 1.70. The maximum Gasteiger partial charge on any atom is 0.238 e. The number of aromatic nitrogens is 1. The summed E-state index contributed by atoms with van der Waals surface area (Å²) >= 11 is 5.91. The Morgan fingerprint density at radius 2 is 1.64 bits per heavy atom. The first-order valence-electron chi connectivity index (χ1n) is 7.82. The van der Waals surface area contributed by atoms with Crippen LogP contribution in [-0.2, 0) is 9.59 Å². The molecule has 6 nitrogen and oxygen atoms in total. The van der Waals surface area contributed by atoms with Crippen LogP contribution < -0.4 is 10.6 Å². The number of nitrogens with one attached hydrogen (secondary N) is 2. The largest absolute Gasteiger partial charge is 0.324 e. The van der Waals surface area contributed by atoms with E-state index in [2.05, 4.69) is 15.6 Å². The fourth-order valence-electron chi connectivity index (χ4n) is 2.41. The minimum absolute atomic E-state index is 0.0609. The van der Waals surface area contributed by atoms with Crippen LogP contribution in [0.3, 0.4) is 0 Å². The van der Waals surface area contributed by atoms with Crippen LogP contribution in [0, 0.1) is 13.8 Å². The van der Waals surface area contributed by atoms with Crippen LogP contribution in [0.25, 0.3) is 0 Å². The molecule has 0 radical (unpaired) electrons. The maximum absolute atomic E-state index is 12.2. The third-order valence-electron chi connectivity index (χ3n) is 3.61. The molecule has 0 atom stereocenters. The highest BCUT2D eigenvalue weighted by atomic mass is 35.5. The van der Waals surface area contributed by atoms with Crippen LogP contribution in [0.4, 0.5) is 11.4 Å². The molecule has 7 heteroatoms. The van der Waals surface area contributed by atoms with Crippen molar-refractivity contribution >= 4 is 34.8 Å². The number of amides is 2. The van der Waals surface area contributed by atoms with Crippen molar-refractivity contribution in [3.05, 3.63) is 52.8 Å². The van der Waals surface area contributed by atoms with Gasteiger partial charge in [-0.15, -0.1) is 0 Å². The third kappa shape index (κ3) is 5.55. The smallest absolute Gasteiger partial charge is 0.238 e.